The predicted octanol–water partition coefficient (Wildman–Crippen LogP) is 2.48. The average molecular weight is 391 g/mol. The first kappa shape index (κ1) is 19.1. The van der Waals surface area contributed by atoms with E-state index in [1.807, 2.05) is 0 Å². The lowest BCUT2D eigenvalue weighted by Gasteiger charge is -2.33. The average Bonchev–Trinajstić information content (AvgIpc) is 3.33. The van der Waals surface area contributed by atoms with E-state index in [9.17, 15) is 14.4 Å². The van der Waals surface area contributed by atoms with Crippen LogP contribution in [0.15, 0.2) is 28.2 Å². The van der Waals surface area contributed by atoms with E-state index >= 15 is 0 Å². The lowest BCUT2D eigenvalue weighted by molar-refractivity contribution is -0.142. The van der Waals surface area contributed by atoms with Gasteiger partial charge in [-0.05, 0) is 38.3 Å². The number of nitrogens with zero attached hydrogens (tertiary/aromatic N) is 2. The molecule has 1 fully saturated rings. The lowest BCUT2D eigenvalue weighted by Crippen LogP contribution is -2.49. The molecule has 1 N–H and O–H groups in total. The van der Waals surface area contributed by atoms with E-state index in [4.69, 9.17) is 9.15 Å². The fourth-order valence-electron chi connectivity index (χ4n) is 2.98. The molecular formula is C18H21N3O5S. The molecule has 1 saturated heterocycles. The van der Waals surface area contributed by atoms with Gasteiger partial charge in [0.1, 0.15) is 6.04 Å². The number of nitrogens with one attached hydrogen (secondary N) is 1. The summed E-state index contributed by atoms with van der Waals surface area (Å²) in [5.74, 6) is -0.711. The Bertz CT molecular complexity index is 802. The molecular weight excluding hydrogens is 370 g/mol. The summed E-state index contributed by atoms with van der Waals surface area (Å²) < 4.78 is 10.1. The van der Waals surface area contributed by atoms with Crippen molar-refractivity contribution in [2.24, 2.45) is 0 Å². The fourth-order valence-corrected chi connectivity index (χ4v) is 3.70. The second-order valence-electron chi connectivity index (χ2n) is 6.10. The minimum atomic E-state index is -0.575. The summed E-state index contributed by atoms with van der Waals surface area (Å²) in [5.41, 5.74) is 0.543. The molecule has 8 nitrogen and oxygen atoms in total. The Morgan fingerprint density at radius 3 is 3.00 bits per heavy atom. The monoisotopic (exact) mass is 391 g/mol. The van der Waals surface area contributed by atoms with Gasteiger partial charge in [0.15, 0.2) is 10.9 Å². The van der Waals surface area contributed by atoms with Crippen molar-refractivity contribution < 1.29 is 23.5 Å². The van der Waals surface area contributed by atoms with Crippen LogP contribution in [0.3, 0.4) is 0 Å². The van der Waals surface area contributed by atoms with Crippen LogP contribution in [0.1, 0.15) is 42.4 Å². The van der Waals surface area contributed by atoms with Crippen molar-refractivity contribution >= 4 is 34.3 Å². The summed E-state index contributed by atoms with van der Waals surface area (Å²) in [6.07, 6.45) is 3.79. The maximum absolute atomic E-state index is 12.7. The summed E-state index contributed by atoms with van der Waals surface area (Å²) in [5, 5.41) is 4.87. The Labute approximate surface area is 160 Å². The van der Waals surface area contributed by atoms with Crippen molar-refractivity contribution in [1.29, 1.82) is 0 Å². The van der Waals surface area contributed by atoms with Crippen molar-refractivity contribution in [3.63, 3.8) is 0 Å². The van der Waals surface area contributed by atoms with Crippen LogP contribution in [-0.2, 0) is 20.7 Å². The zero-order chi connectivity index (χ0) is 19.2. The van der Waals surface area contributed by atoms with Gasteiger partial charge >= 0.3 is 5.97 Å². The van der Waals surface area contributed by atoms with E-state index < -0.39 is 6.04 Å². The van der Waals surface area contributed by atoms with Gasteiger partial charge in [-0.3, -0.25) is 14.4 Å². The highest BCUT2D eigenvalue weighted by atomic mass is 32.1. The molecule has 2 aromatic heterocycles. The predicted molar refractivity (Wildman–Crippen MR) is 98.5 cm³/mol. The molecule has 27 heavy (non-hydrogen) atoms. The number of amides is 2. The number of carbonyl (C=O) groups excluding carboxylic acids is 3. The van der Waals surface area contributed by atoms with E-state index in [2.05, 4.69) is 10.3 Å². The molecule has 3 heterocycles. The van der Waals surface area contributed by atoms with E-state index in [0.29, 0.717) is 30.4 Å². The first-order valence-corrected chi connectivity index (χ1v) is 9.71. The van der Waals surface area contributed by atoms with Crippen LogP contribution in [-0.4, -0.2) is 46.9 Å². The normalized spacial score (nSPS) is 16.8. The number of hydrogen-bond donors (Lipinski definition) is 1. The molecule has 0 spiro atoms. The van der Waals surface area contributed by atoms with Crippen molar-refractivity contribution in [3.05, 3.63) is 35.2 Å². The number of thiazole rings is 1. The van der Waals surface area contributed by atoms with Gasteiger partial charge in [0.2, 0.25) is 5.91 Å². The Morgan fingerprint density at radius 1 is 1.41 bits per heavy atom. The minimum Gasteiger partial charge on any atom is -0.466 e. The van der Waals surface area contributed by atoms with Gasteiger partial charge < -0.3 is 19.4 Å². The topological polar surface area (TPSA) is 102 Å². The van der Waals surface area contributed by atoms with Gasteiger partial charge in [-0.2, -0.15) is 0 Å². The van der Waals surface area contributed by atoms with Gasteiger partial charge in [0.05, 0.1) is 25.0 Å². The summed E-state index contributed by atoms with van der Waals surface area (Å²) in [6, 6.07) is 2.66. The van der Waals surface area contributed by atoms with Crippen molar-refractivity contribution in [3.8, 4) is 0 Å². The van der Waals surface area contributed by atoms with Gasteiger partial charge in [-0.1, -0.05) is 0 Å². The Hall–Kier alpha value is -2.68. The third-order valence-corrected chi connectivity index (χ3v) is 5.02. The van der Waals surface area contributed by atoms with Crippen molar-refractivity contribution in [1.82, 2.24) is 9.88 Å². The number of esters is 1. The zero-order valence-electron chi connectivity index (χ0n) is 15.0. The van der Waals surface area contributed by atoms with E-state index in [1.54, 1.807) is 29.3 Å². The summed E-state index contributed by atoms with van der Waals surface area (Å²) in [6.45, 7) is 2.56. The molecule has 1 unspecified atom stereocenters. The third kappa shape index (κ3) is 4.73. The van der Waals surface area contributed by atoms with Crippen LogP contribution in [0.2, 0.25) is 0 Å². The molecule has 0 radical (unpaired) electrons. The van der Waals surface area contributed by atoms with Crippen LogP contribution in [0, 0.1) is 0 Å². The van der Waals surface area contributed by atoms with Crippen LogP contribution < -0.4 is 5.32 Å². The Balaban J connectivity index is 1.64. The highest BCUT2D eigenvalue weighted by Crippen LogP contribution is 2.23. The highest BCUT2D eigenvalue weighted by Gasteiger charge is 2.34. The van der Waals surface area contributed by atoms with Gasteiger partial charge in [0, 0.05) is 11.9 Å². The molecule has 1 atom stereocenters. The Kier molecular flexibility index (Phi) is 6.23. The number of piperidine rings is 1. The van der Waals surface area contributed by atoms with Gasteiger partial charge in [-0.15, -0.1) is 11.3 Å². The van der Waals surface area contributed by atoms with Crippen LogP contribution in [0.4, 0.5) is 5.13 Å². The van der Waals surface area contributed by atoms with Crippen LogP contribution in [0.25, 0.3) is 0 Å². The van der Waals surface area contributed by atoms with E-state index in [-0.39, 0.29) is 30.0 Å². The first-order chi connectivity index (χ1) is 13.1. The molecule has 2 amide bonds. The van der Waals surface area contributed by atoms with Crippen molar-refractivity contribution in [2.45, 2.75) is 38.6 Å². The molecule has 0 aromatic carbocycles. The van der Waals surface area contributed by atoms with Crippen LogP contribution >= 0.6 is 11.3 Å². The van der Waals surface area contributed by atoms with Crippen molar-refractivity contribution in [2.75, 3.05) is 18.5 Å². The van der Waals surface area contributed by atoms with E-state index in [0.717, 1.165) is 12.8 Å². The summed E-state index contributed by atoms with van der Waals surface area (Å²) in [4.78, 5) is 42.6. The smallest absolute Gasteiger partial charge is 0.311 e. The second kappa shape index (κ2) is 8.81. The molecule has 9 heteroatoms. The third-order valence-electron chi connectivity index (χ3n) is 4.21. The number of furan rings is 1. The fraction of sp³-hybridized carbons (Fsp3) is 0.444. The molecule has 1 aliphatic rings. The minimum absolute atomic E-state index is 0.0622. The number of ether oxygens (including phenoxy) is 1. The van der Waals surface area contributed by atoms with Crippen LogP contribution in [0.5, 0.6) is 0 Å². The first-order valence-electron chi connectivity index (χ1n) is 8.84. The number of anilines is 1. The molecule has 0 bridgehead atoms. The number of likely N-dealkylation sites (tertiary alicyclic amines) is 1. The van der Waals surface area contributed by atoms with E-state index in [1.165, 1.54) is 17.6 Å². The van der Waals surface area contributed by atoms with Gasteiger partial charge in [-0.25, -0.2) is 4.98 Å². The zero-order valence-corrected chi connectivity index (χ0v) is 15.8. The standard InChI is InChI=1S/C18H21N3O5S/c1-2-25-15(22)10-12-11-27-18(19-12)20-16(23)13-6-3-4-8-21(13)17(24)14-7-5-9-26-14/h5,7,9,11,13H,2-4,6,8,10H2,1H3,(H,19,20,23). The largest absolute Gasteiger partial charge is 0.466 e. The summed E-state index contributed by atoms with van der Waals surface area (Å²) in [7, 11) is 0. The summed E-state index contributed by atoms with van der Waals surface area (Å²) >= 11 is 1.24. The molecule has 0 saturated carbocycles. The number of rotatable bonds is 6. The SMILES string of the molecule is CCOC(=O)Cc1csc(NC(=O)C2CCCCN2C(=O)c2ccco2)n1. The quantitative estimate of drug-likeness (QED) is 0.759. The molecule has 144 valence electrons. The Morgan fingerprint density at radius 2 is 2.26 bits per heavy atom. The lowest BCUT2D eigenvalue weighted by atomic mass is 10.0. The molecule has 0 aliphatic carbocycles. The number of hydrogen-bond acceptors (Lipinski definition) is 7. The molecule has 1 aliphatic heterocycles. The number of carbonyl (C=O) groups is 3. The maximum atomic E-state index is 12.7. The molecule has 2 aromatic rings. The second-order valence-corrected chi connectivity index (χ2v) is 6.96. The number of aromatic nitrogens is 1. The molecule has 3 rings (SSSR count). The maximum Gasteiger partial charge on any atom is 0.311 e. The highest BCUT2D eigenvalue weighted by molar-refractivity contribution is 7.13. The van der Waals surface area contributed by atoms with Gasteiger partial charge in [0.25, 0.3) is 5.91 Å².